The highest BCUT2D eigenvalue weighted by atomic mass is 35.5. The molecule has 0 aromatic carbocycles. The quantitative estimate of drug-likeness (QED) is 0.894. The van der Waals surface area contributed by atoms with Gasteiger partial charge in [-0.15, -0.1) is 0 Å². The van der Waals surface area contributed by atoms with Crippen LogP contribution in [0.3, 0.4) is 0 Å². The maximum Gasteiger partial charge on any atom is 0.146 e. The number of nitrogens with zero attached hydrogens (tertiary/aromatic N) is 2. The Bertz CT molecular complexity index is 433. The number of rotatable bonds is 4. The van der Waals surface area contributed by atoms with Crippen LogP contribution in [0.4, 0.5) is 5.82 Å². The van der Waals surface area contributed by atoms with E-state index in [9.17, 15) is 0 Å². The van der Waals surface area contributed by atoms with Crippen molar-refractivity contribution in [1.29, 1.82) is 5.26 Å². The first kappa shape index (κ1) is 13.2. The van der Waals surface area contributed by atoms with Gasteiger partial charge in [0.15, 0.2) is 0 Å². The van der Waals surface area contributed by atoms with Gasteiger partial charge in [-0.1, -0.05) is 43.7 Å². The maximum atomic E-state index is 8.88. The zero-order valence-electron chi connectivity index (χ0n) is 10.5. The van der Waals surface area contributed by atoms with Crippen LogP contribution in [-0.4, -0.2) is 11.5 Å². The fraction of sp³-hybridized carbons (Fsp3) is 0.571. The Labute approximate surface area is 113 Å². The molecule has 0 amide bonds. The Kier molecular flexibility index (Phi) is 4.83. The van der Waals surface area contributed by atoms with Crippen LogP contribution < -0.4 is 5.32 Å². The summed E-state index contributed by atoms with van der Waals surface area (Å²) < 4.78 is 0. The molecule has 0 aliphatic heterocycles. The number of nitrogens with one attached hydrogen (secondary N) is 1. The number of halogens is 1. The largest absolute Gasteiger partial charge is 0.369 e. The molecule has 0 spiro atoms. The highest BCUT2D eigenvalue weighted by molar-refractivity contribution is 6.34. The van der Waals surface area contributed by atoms with Gasteiger partial charge in [-0.25, -0.2) is 4.98 Å². The van der Waals surface area contributed by atoms with Crippen molar-refractivity contribution in [2.75, 3.05) is 11.9 Å². The summed E-state index contributed by atoms with van der Waals surface area (Å²) in [6.45, 7) is 0.881. The summed E-state index contributed by atoms with van der Waals surface area (Å²) >= 11 is 6.08. The van der Waals surface area contributed by atoms with Gasteiger partial charge in [0.1, 0.15) is 16.9 Å². The number of hydrogen-bond donors (Lipinski definition) is 1. The Balaban J connectivity index is 1.84. The van der Waals surface area contributed by atoms with E-state index in [2.05, 4.69) is 16.4 Å². The maximum absolute atomic E-state index is 8.88. The van der Waals surface area contributed by atoms with Crippen LogP contribution in [0.2, 0.25) is 5.02 Å². The SMILES string of the molecule is N#Cc1ccnc(NCCC2CCCCC2)c1Cl. The van der Waals surface area contributed by atoms with E-state index in [1.165, 1.54) is 32.1 Å². The van der Waals surface area contributed by atoms with E-state index in [0.29, 0.717) is 16.4 Å². The van der Waals surface area contributed by atoms with Crippen molar-refractivity contribution in [2.24, 2.45) is 5.92 Å². The lowest BCUT2D eigenvalue weighted by Crippen LogP contribution is -2.13. The molecular formula is C14H18ClN3. The standard InChI is InChI=1S/C14H18ClN3/c15-13-12(10-16)7-9-18-14(13)17-8-6-11-4-2-1-3-5-11/h7,9,11H,1-6,8H2,(H,17,18). The summed E-state index contributed by atoms with van der Waals surface area (Å²) in [7, 11) is 0. The molecule has 1 aromatic rings. The van der Waals surface area contributed by atoms with Crippen molar-refractivity contribution >= 4 is 17.4 Å². The van der Waals surface area contributed by atoms with Gasteiger partial charge in [0, 0.05) is 12.7 Å². The van der Waals surface area contributed by atoms with E-state index in [1.807, 2.05) is 0 Å². The highest BCUT2D eigenvalue weighted by Crippen LogP contribution is 2.27. The molecule has 0 bridgehead atoms. The van der Waals surface area contributed by atoms with Crippen molar-refractivity contribution in [3.8, 4) is 6.07 Å². The predicted molar refractivity (Wildman–Crippen MR) is 73.6 cm³/mol. The average Bonchev–Trinajstić information content (AvgIpc) is 2.42. The number of anilines is 1. The average molecular weight is 264 g/mol. The molecule has 1 aliphatic carbocycles. The zero-order chi connectivity index (χ0) is 12.8. The molecule has 1 aliphatic rings. The second kappa shape index (κ2) is 6.61. The summed E-state index contributed by atoms with van der Waals surface area (Å²) in [6.07, 6.45) is 9.60. The van der Waals surface area contributed by atoms with Gasteiger partial charge in [-0.2, -0.15) is 5.26 Å². The van der Waals surface area contributed by atoms with Crippen LogP contribution in [0.5, 0.6) is 0 Å². The smallest absolute Gasteiger partial charge is 0.146 e. The van der Waals surface area contributed by atoms with Gasteiger partial charge in [0.05, 0.1) is 5.56 Å². The van der Waals surface area contributed by atoms with Gasteiger partial charge >= 0.3 is 0 Å². The third-order valence-corrected chi connectivity index (χ3v) is 3.96. The first-order chi connectivity index (χ1) is 8.81. The van der Waals surface area contributed by atoms with Crippen LogP contribution in [0, 0.1) is 17.2 Å². The molecule has 96 valence electrons. The molecule has 2 rings (SSSR count). The third-order valence-electron chi connectivity index (χ3n) is 3.58. The lowest BCUT2D eigenvalue weighted by Gasteiger charge is -2.21. The molecule has 18 heavy (non-hydrogen) atoms. The normalized spacial score (nSPS) is 16.2. The number of aromatic nitrogens is 1. The first-order valence-corrected chi connectivity index (χ1v) is 6.97. The number of hydrogen-bond acceptors (Lipinski definition) is 3. The van der Waals surface area contributed by atoms with E-state index in [1.54, 1.807) is 12.3 Å². The van der Waals surface area contributed by atoms with E-state index >= 15 is 0 Å². The minimum Gasteiger partial charge on any atom is -0.369 e. The van der Waals surface area contributed by atoms with Crippen LogP contribution in [0.15, 0.2) is 12.3 Å². The lowest BCUT2D eigenvalue weighted by atomic mass is 9.87. The predicted octanol–water partition coefficient (Wildman–Crippen LogP) is 3.99. The number of pyridine rings is 1. The topological polar surface area (TPSA) is 48.7 Å². The van der Waals surface area contributed by atoms with Crippen LogP contribution in [0.1, 0.15) is 44.1 Å². The minimum absolute atomic E-state index is 0.434. The minimum atomic E-state index is 0.434. The summed E-state index contributed by atoms with van der Waals surface area (Å²) in [6, 6.07) is 3.70. The van der Waals surface area contributed by atoms with Gasteiger partial charge < -0.3 is 5.32 Å². The monoisotopic (exact) mass is 263 g/mol. The van der Waals surface area contributed by atoms with Gasteiger partial charge in [-0.05, 0) is 18.4 Å². The Hall–Kier alpha value is -1.27. The van der Waals surface area contributed by atoms with Crippen molar-refractivity contribution in [3.05, 3.63) is 22.8 Å². The zero-order valence-corrected chi connectivity index (χ0v) is 11.2. The fourth-order valence-corrected chi connectivity index (χ4v) is 2.74. The molecule has 3 nitrogen and oxygen atoms in total. The van der Waals surface area contributed by atoms with Gasteiger partial charge in [-0.3, -0.25) is 0 Å². The highest BCUT2D eigenvalue weighted by Gasteiger charge is 2.13. The summed E-state index contributed by atoms with van der Waals surface area (Å²) in [4.78, 5) is 4.18. The van der Waals surface area contributed by atoms with Crippen molar-refractivity contribution < 1.29 is 0 Å². The molecule has 1 fully saturated rings. The fourth-order valence-electron chi connectivity index (χ4n) is 2.52. The molecule has 0 atom stereocenters. The molecule has 1 heterocycles. The van der Waals surface area contributed by atoms with Gasteiger partial charge in [0.25, 0.3) is 0 Å². The first-order valence-electron chi connectivity index (χ1n) is 6.59. The third kappa shape index (κ3) is 3.36. The number of nitriles is 1. The van der Waals surface area contributed by atoms with Crippen LogP contribution >= 0.6 is 11.6 Å². The molecule has 0 unspecified atom stereocenters. The van der Waals surface area contributed by atoms with E-state index in [0.717, 1.165) is 18.9 Å². The van der Waals surface area contributed by atoms with E-state index in [4.69, 9.17) is 16.9 Å². The van der Waals surface area contributed by atoms with Crippen molar-refractivity contribution in [1.82, 2.24) is 4.98 Å². The second-order valence-corrected chi connectivity index (χ2v) is 5.23. The molecule has 1 aromatic heterocycles. The summed E-state index contributed by atoms with van der Waals surface area (Å²) in [5.74, 6) is 1.47. The summed E-state index contributed by atoms with van der Waals surface area (Å²) in [5.41, 5.74) is 0.479. The van der Waals surface area contributed by atoms with E-state index < -0.39 is 0 Å². The van der Waals surface area contributed by atoms with E-state index in [-0.39, 0.29) is 0 Å². The van der Waals surface area contributed by atoms with Crippen LogP contribution in [-0.2, 0) is 0 Å². The second-order valence-electron chi connectivity index (χ2n) is 4.85. The molecular weight excluding hydrogens is 246 g/mol. The van der Waals surface area contributed by atoms with Crippen molar-refractivity contribution in [2.45, 2.75) is 38.5 Å². The van der Waals surface area contributed by atoms with Crippen molar-refractivity contribution in [3.63, 3.8) is 0 Å². The lowest BCUT2D eigenvalue weighted by molar-refractivity contribution is 0.345. The summed E-state index contributed by atoms with van der Waals surface area (Å²) in [5, 5.41) is 12.6. The Morgan fingerprint density at radius 1 is 1.39 bits per heavy atom. The Morgan fingerprint density at radius 3 is 2.89 bits per heavy atom. The Morgan fingerprint density at radius 2 is 2.17 bits per heavy atom. The molecule has 1 N–H and O–H groups in total. The molecule has 0 saturated heterocycles. The van der Waals surface area contributed by atoms with Crippen LogP contribution in [0.25, 0.3) is 0 Å². The van der Waals surface area contributed by atoms with Gasteiger partial charge in [0.2, 0.25) is 0 Å². The molecule has 4 heteroatoms. The molecule has 1 saturated carbocycles. The molecule has 0 radical (unpaired) electrons.